The SMILES string of the molecule is FC(F)(F)c1ccc(-c2cccc(-c3nnc(-c4ccc(-c5nnc(-c6cccc(-c7ccc(C(F)(F)F)cc7)n6)s5)cc4)s3)n2)cc1. The number of hydrogen-bond acceptors (Lipinski definition) is 8. The van der Waals surface area contributed by atoms with Crippen LogP contribution in [0.15, 0.2) is 109 Å². The Bertz CT molecular complexity index is 2050. The van der Waals surface area contributed by atoms with Gasteiger partial charge in [-0.3, -0.25) is 0 Å². The van der Waals surface area contributed by atoms with Gasteiger partial charge in [0, 0.05) is 22.3 Å². The van der Waals surface area contributed by atoms with Crippen molar-refractivity contribution in [2.75, 3.05) is 0 Å². The lowest BCUT2D eigenvalue weighted by Gasteiger charge is -2.07. The minimum Gasteiger partial charge on any atom is -0.245 e. The molecular weight excluding hydrogens is 671 g/mol. The van der Waals surface area contributed by atoms with Gasteiger partial charge in [-0.1, -0.05) is 83.3 Å². The highest BCUT2D eigenvalue weighted by Gasteiger charge is 2.31. The van der Waals surface area contributed by atoms with Crippen molar-refractivity contribution in [1.29, 1.82) is 0 Å². The fourth-order valence-corrected chi connectivity index (χ4v) is 6.37. The van der Waals surface area contributed by atoms with Crippen molar-refractivity contribution in [1.82, 2.24) is 30.4 Å². The van der Waals surface area contributed by atoms with Crippen LogP contribution in [-0.4, -0.2) is 30.4 Å². The summed E-state index contributed by atoms with van der Waals surface area (Å²) >= 11 is 2.66. The van der Waals surface area contributed by atoms with E-state index in [2.05, 4.69) is 30.4 Å². The molecule has 0 bridgehead atoms. The minimum absolute atomic E-state index is 0.514. The molecule has 0 fully saturated rings. The van der Waals surface area contributed by atoms with Crippen molar-refractivity contribution < 1.29 is 26.3 Å². The number of nitrogens with zero attached hydrogens (tertiary/aromatic N) is 6. The van der Waals surface area contributed by atoms with Gasteiger partial charge in [-0.25, -0.2) is 9.97 Å². The number of halogens is 6. The van der Waals surface area contributed by atoms with E-state index in [9.17, 15) is 26.3 Å². The molecule has 0 atom stereocenters. The molecule has 14 heteroatoms. The maximum Gasteiger partial charge on any atom is 0.416 e. The van der Waals surface area contributed by atoms with E-state index in [4.69, 9.17) is 0 Å². The first kappa shape index (κ1) is 31.3. The topological polar surface area (TPSA) is 77.3 Å². The van der Waals surface area contributed by atoms with Crippen LogP contribution in [-0.2, 0) is 12.4 Å². The summed E-state index contributed by atoms with van der Waals surface area (Å²) < 4.78 is 77.7. The second-order valence-electron chi connectivity index (χ2n) is 10.4. The molecule has 0 unspecified atom stereocenters. The molecule has 0 saturated heterocycles. The zero-order chi connectivity index (χ0) is 33.5. The van der Waals surface area contributed by atoms with Crippen LogP contribution in [0.1, 0.15) is 11.1 Å². The largest absolute Gasteiger partial charge is 0.416 e. The van der Waals surface area contributed by atoms with Crippen molar-refractivity contribution in [3.63, 3.8) is 0 Å². The van der Waals surface area contributed by atoms with Crippen molar-refractivity contribution in [2.24, 2.45) is 0 Å². The van der Waals surface area contributed by atoms with E-state index in [1.807, 2.05) is 24.3 Å². The summed E-state index contributed by atoms with van der Waals surface area (Å²) in [5, 5.41) is 19.6. The lowest BCUT2D eigenvalue weighted by molar-refractivity contribution is -0.138. The number of hydrogen-bond donors (Lipinski definition) is 0. The first-order valence-electron chi connectivity index (χ1n) is 14.1. The molecule has 4 heterocycles. The first-order chi connectivity index (χ1) is 23.0. The van der Waals surface area contributed by atoms with Crippen LogP contribution in [0.4, 0.5) is 26.3 Å². The molecule has 0 radical (unpaired) electrons. The highest BCUT2D eigenvalue weighted by atomic mass is 32.1. The number of pyridine rings is 2. The van der Waals surface area contributed by atoms with Gasteiger partial charge in [0.1, 0.15) is 21.4 Å². The molecule has 4 aromatic heterocycles. The number of rotatable bonds is 6. The first-order valence-corrected chi connectivity index (χ1v) is 15.7. The zero-order valence-corrected chi connectivity index (χ0v) is 25.8. The molecule has 0 spiro atoms. The Morgan fingerprint density at radius 3 is 1.02 bits per heavy atom. The van der Waals surface area contributed by atoms with Gasteiger partial charge in [0.25, 0.3) is 0 Å². The van der Waals surface area contributed by atoms with Crippen LogP contribution in [0.25, 0.3) is 65.1 Å². The van der Waals surface area contributed by atoms with Crippen molar-refractivity contribution in [3.05, 3.63) is 120 Å². The van der Waals surface area contributed by atoms with Gasteiger partial charge in [0.05, 0.1) is 22.5 Å². The third-order valence-corrected chi connectivity index (χ3v) is 9.17. The molecule has 0 aliphatic rings. The summed E-state index contributed by atoms with van der Waals surface area (Å²) in [5.74, 6) is 0. The number of benzene rings is 3. The van der Waals surface area contributed by atoms with E-state index in [-0.39, 0.29) is 0 Å². The zero-order valence-electron chi connectivity index (χ0n) is 24.2. The van der Waals surface area contributed by atoms with Gasteiger partial charge >= 0.3 is 12.4 Å². The van der Waals surface area contributed by atoms with E-state index >= 15 is 0 Å². The average molecular weight is 689 g/mol. The molecule has 48 heavy (non-hydrogen) atoms. The predicted octanol–water partition coefficient (Wildman–Crippen LogP) is 10.2. The Kier molecular flexibility index (Phi) is 8.05. The van der Waals surface area contributed by atoms with E-state index in [0.29, 0.717) is 53.9 Å². The average Bonchev–Trinajstić information content (AvgIpc) is 3.80. The Hall–Kier alpha value is -5.34. The standard InChI is InChI=1S/C34H18F6N6S2/c35-33(36,37)23-15-11-19(12-16-23)25-3-1-5-27(41-25)31-45-43-29(47-31)21-7-9-22(10-8-21)30-44-46-32(48-30)28-6-2-4-26(42-28)20-13-17-24(18-14-20)34(38,39)40/h1-18H. The number of aromatic nitrogens is 6. The summed E-state index contributed by atoms with van der Waals surface area (Å²) in [6, 6.07) is 27.7. The second kappa shape index (κ2) is 12.4. The smallest absolute Gasteiger partial charge is 0.245 e. The molecule has 7 rings (SSSR count). The van der Waals surface area contributed by atoms with Gasteiger partial charge < -0.3 is 0 Å². The molecule has 7 aromatic rings. The molecule has 0 aliphatic heterocycles. The van der Waals surface area contributed by atoms with Gasteiger partial charge in [0.2, 0.25) is 0 Å². The fraction of sp³-hybridized carbons (Fsp3) is 0.0588. The van der Waals surface area contributed by atoms with Crippen LogP contribution >= 0.6 is 22.7 Å². The molecule has 3 aromatic carbocycles. The van der Waals surface area contributed by atoms with E-state index in [0.717, 1.165) is 35.4 Å². The van der Waals surface area contributed by atoms with Crippen molar-refractivity contribution in [2.45, 2.75) is 12.4 Å². The van der Waals surface area contributed by atoms with Crippen molar-refractivity contribution in [3.8, 4) is 65.1 Å². The van der Waals surface area contributed by atoms with Crippen LogP contribution < -0.4 is 0 Å². The maximum atomic E-state index is 13.0. The van der Waals surface area contributed by atoms with Gasteiger partial charge in [-0.15, -0.1) is 20.4 Å². The third-order valence-electron chi connectivity index (χ3n) is 7.18. The Balaban J connectivity index is 1.06. The third kappa shape index (κ3) is 6.57. The van der Waals surface area contributed by atoms with Crippen LogP contribution in [0.2, 0.25) is 0 Å². The molecular formula is C34H18F6N6S2. The normalized spacial score (nSPS) is 12.0. The van der Waals surface area contributed by atoms with Crippen molar-refractivity contribution >= 4 is 22.7 Å². The Morgan fingerprint density at radius 1 is 0.354 bits per heavy atom. The Labute approximate surface area is 276 Å². The van der Waals surface area contributed by atoms with Gasteiger partial charge in [0.15, 0.2) is 10.0 Å². The highest BCUT2D eigenvalue weighted by Crippen LogP contribution is 2.36. The lowest BCUT2D eigenvalue weighted by atomic mass is 10.1. The number of alkyl halides is 6. The molecule has 0 saturated carbocycles. The maximum absolute atomic E-state index is 13.0. The monoisotopic (exact) mass is 688 g/mol. The summed E-state index contributed by atoms with van der Waals surface area (Å²) in [6.07, 6.45) is -8.83. The van der Waals surface area contributed by atoms with Crippen LogP contribution in [0.5, 0.6) is 0 Å². The minimum atomic E-state index is -4.41. The molecule has 238 valence electrons. The van der Waals surface area contributed by atoms with Gasteiger partial charge in [-0.2, -0.15) is 26.3 Å². The molecule has 0 aliphatic carbocycles. The fourth-order valence-electron chi connectivity index (χ4n) is 4.73. The quantitative estimate of drug-likeness (QED) is 0.162. The lowest BCUT2D eigenvalue weighted by Crippen LogP contribution is -2.04. The highest BCUT2D eigenvalue weighted by molar-refractivity contribution is 7.18. The predicted molar refractivity (Wildman–Crippen MR) is 172 cm³/mol. The molecule has 6 nitrogen and oxygen atoms in total. The summed E-state index contributed by atoms with van der Waals surface area (Å²) in [5.41, 5.74) is 3.40. The summed E-state index contributed by atoms with van der Waals surface area (Å²) in [4.78, 5) is 9.19. The summed E-state index contributed by atoms with van der Waals surface area (Å²) in [6.45, 7) is 0. The molecule has 0 amide bonds. The van der Waals surface area contributed by atoms with E-state index in [1.165, 1.54) is 46.9 Å². The molecule has 0 N–H and O–H groups in total. The van der Waals surface area contributed by atoms with E-state index < -0.39 is 23.5 Å². The van der Waals surface area contributed by atoms with Crippen LogP contribution in [0, 0.1) is 0 Å². The van der Waals surface area contributed by atoms with Gasteiger partial charge in [-0.05, 0) is 48.5 Å². The van der Waals surface area contributed by atoms with E-state index in [1.54, 1.807) is 36.4 Å². The summed E-state index contributed by atoms with van der Waals surface area (Å²) in [7, 11) is 0. The van der Waals surface area contributed by atoms with Crippen LogP contribution in [0.3, 0.4) is 0 Å². The Morgan fingerprint density at radius 2 is 0.667 bits per heavy atom. The second-order valence-corrected chi connectivity index (χ2v) is 12.3.